The van der Waals surface area contributed by atoms with Gasteiger partial charge < -0.3 is 19.4 Å². The molecular formula is C16H25BN2O3. The van der Waals surface area contributed by atoms with Crippen LogP contribution in [0.25, 0.3) is 0 Å². The number of aryl methyl sites for hydroxylation is 1. The van der Waals surface area contributed by atoms with Crippen molar-refractivity contribution in [1.82, 2.24) is 10.3 Å². The first-order valence-electron chi connectivity index (χ1n) is 7.98. The summed E-state index contributed by atoms with van der Waals surface area (Å²) >= 11 is 0. The monoisotopic (exact) mass is 304 g/mol. The van der Waals surface area contributed by atoms with E-state index < -0.39 is 0 Å². The summed E-state index contributed by atoms with van der Waals surface area (Å²) in [6, 6.07) is 1.97. The SMILES string of the molecule is Cc1cc(O[C@@H]2CCNC2)ncc1B1OC(C)(C)C(C)(C)O1. The topological polar surface area (TPSA) is 52.6 Å². The highest BCUT2D eigenvalue weighted by molar-refractivity contribution is 6.62. The maximum absolute atomic E-state index is 6.09. The van der Waals surface area contributed by atoms with Gasteiger partial charge in [0.05, 0.1) is 11.2 Å². The van der Waals surface area contributed by atoms with Gasteiger partial charge in [-0.1, -0.05) is 0 Å². The van der Waals surface area contributed by atoms with Crippen LogP contribution >= 0.6 is 0 Å². The predicted octanol–water partition coefficient (Wildman–Crippen LogP) is 1.43. The van der Waals surface area contributed by atoms with Crippen LogP contribution < -0.4 is 15.5 Å². The third kappa shape index (κ3) is 2.87. The molecule has 5 nitrogen and oxygen atoms in total. The zero-order valence-corrected chi connectivity index (χ0v) is 14.1. The first kappa shape index (κ1) is 15.8. The van der Waals surface area contributed by atoms with Gasteiger partial charge in [-0.25, -0.2) is 4.98 Å². The zero-order chi connectivity index (χ0) is 16.0. The molecule has 0 bridgehead atoms. The lowest BCUT2D eigenvalue weighted by atomic mass is 9.77. The van der Waals surface area contributed by atoms with E-state index in [2.05, 4.69) is 38.0 Å². The quantitative estimate of drug-likeness (QED) is 0.856. The molecule has 0 spiro atoms. The highest BCUT2D eigenvalue weighted by Crippen LogP contribution is 2.36. The molecule has 0 saturated carbocycles. The largest absolute Gasteiger partial charge is 0.496 e. The van der Waals surface area contributed by atoms with Gasteiger partial charge in [-0.15, -0.1) is 0 Å². The zero-order valence-electron chi connectivity index (χ0n) is 14.1. The molecule has 2 saturated heterocycles. The van der Waals surface area contributed by atoms with E-state index in [0.717, 1.165) is 30.5 Å². The number of ether oxygens (including phenoxy) is 1. The Balaban J connectivity index is 1.75. The summed E-state index contributed by atoms with van der Waals surface area (Å²) in [6.45, 7) is 12.2. The minimum Gasteiger partial charge on any atom is -0.473 e. The van der Waals surface area contributed by atoms with Crippen LogP contribution in [0.2, 0.25) is 0 Å². The lowest BCUT2D eigenvalue weighted by molar-refractivity contribution is 0.00578. The van der Waals surface area contributed by atoms with E-state index >= 15 is 0 Å². The van der Waals surface area contributed by atoms with E-state index in [-0.39, 0.29) is 24.4 Å². The molecule has 0 aromatic carbocycles. The van der Waals surface area contributed by atoms with Crippen molar-refractivity contribution in [2.24, 2.45) is 0 Å². The average molecular weight is 304 g/mol. The maximum Gasteiger partial charge on any atom is 0.496 e. The first-order chi connectivity index (χ1) is 10.3. The third-order valence-corrected chi connectivity index (χ3v) is 4.94. The van der Waals surface area contributed by atoms with Crippen molar-refractivity contribution in [3.63, 3.8) is 0 Å². The average Bonchev–Trinajstić information content (AvgIpc) is 2.96. The highest BCUT2D eigenvalue weighted by Gasteiger charge is 2.52. The van der Waals surface area contributed by atoms with E-state index in [4.69, 9.17) is 14.0 Å². The number of nitrogens with zero attached hydrogens (tertiary/aromatic N) is 1. The van der Waals surface area contributed by atoms with Crippen LogP contribution in [0.4, 0.5) is 0 Å². The second kappa shape index (κ2) is 5.51. The van der Waals surface area contributed by atoms with Crippen molar-refractivity contribution in [3.05, 3.63) is 17.8 Å². The normalized spacial score (nSPS) is 26.4. The van der Waals surface area contributed by atoms with Crippen LogP contribution in [0.15, 0.2) is 12.3 Å². The molecule has 1 aromatic rings. The number of nitrogens with one attached hydrogen (secondary N) is 1. The van der Waals surface area contributed by atoms with Crippen LogP contribution in [0.1, 0.15) is 39.7 Å². The van der Waals surface area contributed by atoms with Crippen molar-refractivity contribution in [1.29, 1.82) is 0 Å². The molecule has 2 aliphatic heterocycles. The fraction of sp³-hybridized carbons (Fsp3) is 0.688. The van der Waals surface area contributed by atoms with Gasteiger partial charge in [-0.2, -0.15) is 0 Å². The molecule has 2 fully saturated rings. The summed E-state index contributed by atoms with van der Waals surface area (Å²) in [5.41, 5.74) is 1.37. The highest BCUT2D eigenvalue weighted by atomic mass is 16.7. The Bertz CT molecular complexity index is 540. The van der Waals surface area contributed by atoms with Crippen molar-refractivity contribution >= 4 is 12.6 Å². The van der Waals surface area contributed by atoms with Crippen molar-refractivity contribution in [2.75, 3.05) is 13.1 Å². The van der Waals surface area contributed by atoms with Crippen LogP contribution in [-0.2, 0) is 9.31 Å². The molecule has 0 amide bonds. The molecule has 22 heavy (non-hydrogen) atoms. The molecule has 3 rings (SSSR count). The molecule has 1 aromatic heterocycles. The van der Waals surface area contributed by atoms with Gasteiger partial charge in [0, 0.05) is 24.3 Å². The van der Waals surface area contributed by atoms with Crippen LogP contribution in [-0.4, -0.2) is 42.5 Å². The lowest BCUT2D eigenvalue weighted by Gasteiger charge is -2.32. The fourth-order valence-electron chi connectivity index (χ4n) is 2.72. The van der Waals surface area contributed by atoms with E-state index in [1.807, 2.05) is 19.2 Å². The predicted molar refractivity (Wildman–Crippen MR) is 86.6 cm³/mol. The molecule has 3 heterocycles. The summed E-state index contributed by atoms with van der Waals surface area (Å²) in [4.78, 5) is 4.43. The van der Waals surface area contributed by atoms with E-state index in [0.29, 0.717) is 5.88 Å². The smallest absolute Gasteiger partial charge is 0.473 e. The van der Waals surface area contributed by atoms with Gasteiger partial charge >= 0.3 is 7.12 Å². The van der Waals surface area contributed by atoms with Gasteiger partial charge in [0.25, 0.3) is 0 Å². The van der Waals surface area contributed by atoms with Gasteiger partial charge in [0.2, 0.25) is 5.88 Å². The number of rotatable bonds is 3. The molecule has 2 aliphatic rings. The summed E-state index contributed by atoms with van der Waals surface area (Å²) in [6.07, 6.45) is 3.06. The number of hydrogen-bond acceptors (Lipinski definition) is 5. The Morgan fingerprint density at radius 3 is 2.50 bits per heavy atom. The molecule has 1 atom stereocenters. The minimum atomic E-state index is -0.375. The van der Waals surface area contributed by atoms with Crippen molar-refractivity contribution in [3.8, 4) is 5.88 Å². The van der Waals surface area contributed by atoms with Crippen LogP contribution in [0, 0.1) is 6.92 Å². The molecule has 0 unspecified atom stereocenters. The molecular weight excluding hydrogens is 279 g/mol. The van der Waals surface area contributed by atoms with Gasteiger partial charge in [-0.3, -0.25) is 0 Å². The molecule has 0 radical (unpaired) electrons. The second-order valence-electron chi connectivity index (χ2n) is 7.20. The summed E-state index contributed by atoms with van der Waals surface area (Å²) in [7, 11) is -0.375. The van der Waals surface area contributed by atoms with E-state index in [1.54, 1.807) is 0 Å². The number of aromatic nitrogens is 1. The van der Waals surface area contributed by atoms with Crippen LogP contribution in [0.3, 0.4) is 0 Å². The fourth-order valence-corrected chi connectivity index (χ4v) is 2.72. The van der Waals surface area contributed by atoms with Gasteiger partial charge in [0.1, 0.15) is 6.10 Å². The number of pyridine rings is 1. The molecule has 6 heteroatoms. The summed E-state index contributed by atoms with van der Waals surface area (Å²) < 4.78 is 18.1. The molecule has 0 aliphatic carbocycles. The Morgan fingerprint density at radius 1 is 1.27 bits per heavy atom. The standard InChI is InChI=1S/C16H25BN2O3/c1-11-8-14(20-12-6-7-18-9-12)19-10-13(11)17-21-15(2,3)16(4,5)22-17/h8,10,12,18H,6-7,9H2,1-5H3/t12-/m1/s1. The van der Waals surface area contributed by atoms with Crippen molar-refractivity contribution in [2.45, 2.75) is 58.3 Å². The first-order valence-corrected chi connectivity index (χ1v) is 7.98. The van der Waals surface area contributed by atoms with Gasteiger partial charge in [0.15, 0.2) is 0 Å². The number of hydrogen-bond donors (Lipinski definition) is 1. The van der Waals surface area contributed by atoms with E-state index in [9.17, 15) is 0 Å². The Hall–Kier alpha value is -1.11. The third-order valence-electron chi connectivity index (χ3n) is 4.94. The van der Waals surface area contributed by atoms with Crippen molar-refractivity contribution < 1.29 is 14.0 Å². The Labute approximate surface area is 132 Å². The Kier molecular flexibility index (Phi) is 3.95. The lowest BCUT2D eigenvalue weighted by Crippen LogP contribution is -2.41. The molecule has 1 N–H and O–H groups in total. The van der Waals surface area contributed by atoms with Crippen LogP contribution in [0.5, 0.6) is 5.88 Å². The summed E-state index contributed by atoms with van der Waals surface area (Å²) in [5, 5.41) is 3.29. The Morgan fingerprint density at radius 2 is 1.95 bits per heavy atom. The second-order valence-corrected chi connectivity index (χ2v) is 7.20. The van der Waals surface area contributed by atoms with Gasteiger partial charge in [-0.05, 0) is 53.1 Å². The minimum absolute atomic E-state index is 0.217. The summed E-state index contributed by atoms with van der Waals surface area (Å²) in [5.74, 6) is 0.673. The van der Waals surface area contributed by atoms with E-state index in [1.165, 1.54) is 0 Å². The molecule has 120 valence electrons. The maximum atomic E-state index is 6.09.